The third kappa shape index (κ3) is 6.07. The number of benzene rings is 2. The molecule has 2 aromatic carbocycles. The Balaban J connectivity index is 1.88. The lowest BCUT2D eigenvalue weighted by Crippen LogP contribution is -2.13. The zero-order valence-corrected chi connectivity index (χ0v) is 14.9. The summed E-state index contributed by atoms with van der Waals surface area (Å²) in [6, 6.07) is 15.1. The maximum atomic E-state index is 11.9. The lowest BCUT2D eigenvalue weighted by Gasteiger charge is -2.09. The highest BCUT2D eigenvalue weighted by molar-refractivity contribution is 5.67. The van der Waals surface area contributed by atoms with Crippen molar-refractivity contribution in [3.8, 4) is 11.5 Å². The van der Waals surface area contributed by atoms with Crippen LogP contribution >= 0.6 is 0 Å². The van der Waals surface area contributed by atoms with E-state index >= 15 is 0 Å². The second-order valence-corrected chi connectivity index (χ2v) is 6.94. The Labute approximate surface area is 144 Å². The molecule has 0 fully saturated rings. The van der Waals surface area contributed by atoms with Crippen LogP contribution in [-0.2, 0) is 12.8 Å². The highest BCUT2D eigenvalue weighted by atomic mass is 16.7. The van der Waals surface area contributed by atoms with Crippen molar-refractivity contribution < 1.29 is 14.3 Å². The van der Waals surface area contributed by atoms with Crippen molar-refractivity contribution in [2.45, 2.75) is 40.5 Å². The van der Waals surface area contributed by atoms with Crippen LogP contribution in [0.15, 0.2) is 48.5 Å². The van der Waals surface area contributed by atoms with E-state index < -0.39 is 6.16 Å². The summed E-state index contributed by atoms with van der Waals surface area (Å²) in [5, 5.41) is 0. The van der Waals surface area contributed by atoms with Crippen LogP contribution < -0.4 is 9.47 Å². The highest BCUT2D eigenvalue weighted by Crippen LogP contribution is 2.18. The van der Waals surface area contributed by atoms with Crippen LogP contribution in [0.1, 0.15) is 38.8 Å². The van der Waals surface area contributed by atoms with Gasteiger partial charge >= 0.3 is 6.16 Å². The molecule has 2 rings (SSSR count). The predicted molar refractivity (Wildman–Crippen MR) is 96.6 cm³/mol. The van der Waals surface area contributed by atoms with Gasteiger partial charge in [-0.2, -0.15) is 0 Å². The topological polar surface area (TPSA) is 35.5 Å². The van der Waals surface area contributed by atoms with Crippen molar-refractivity contribution in [1.82, 2.24) is 0 Å². The van der Waals surface area contributed by atoms with E-state index in [4.69, 9.17) is 9.47 Å². The quantitative estimate of drug-likeness (QED) is 0.507. The molecule has 0 heterocycles. The minimum atomic E-state index is -0.719. The molecule has 0 aliphatic rings. The lowest BCUT2D eigenvalue weighted by atomic mass is 10.0. The molecule has 0 aromatic heterocycles. The summed E-state index contributed by atoms with van der Waals surface area (Å²) in [5.74, 6) is 2.17. The Morgan fingerprint density at radius 1 is 0.708 bits per heavy atom. The Morgan fingerprint density at radius 3 is 1.33 bits per heavy atom. The molecule has 0 bridgehead atoms. The smallest absolute Gasteiger partial charge is 0.395 e. The van der Waals surface area contributed by atoms with Crippen molar-refractivity contribution in [1.29, 1.82) is 0 Å². The van der Waals surface area contributed by atoms with Crippen molar-refractivity contribution in [2.24, 2.45) is 11.8 Å². The zero-order valence-electron chi connectivity index (χ0n) is 14.9. The Morgan fingerprint density at radius 2 is 1.04 bits per heavy atom. The summed E-state index contributed by atoms with van der Waals surface area (Å²) >= 11 is 0. The molecule has 0 aliphatic heterocycles. The molecule has 0 saturated heterocycles. The van der Waals surface area contributed by atoms with Crippen LogP contribution in [0.3, 0.4) is 0 Å². The summed E-state index contributed by atoms with van der Waals surface area (Å²) < 4.78 is 10.4. The van der Waals surface area contributed by atoms with Gasteiger partial charge in [0.05, 0.1) is 0 Å². The number of hydrogen-bond donors (Lipinski definition) is 0. The average Bonchev–Trinajstić information content (AvgIpc) is 2.50. The van der Waals surface area contributed by atoms with E-state index in [2.05, 4.69) is 27.7 Å². The number of carbonyl (C=O) groups is 1. The van der Waals surface area contributed by atoms with Crippen molar-refractivity contribution in [3.63, 3.8) is 0 Å². The summed E-state index contributed by atoms with van der Waals surface area (Å²) in [5.41, 5.74) is 2.46. The Hall–Kier alpha value is -2.29. The molecule has 128 valence electrons. The molecule has 0 radical (unpaired) electrons. The molecule has 0 spiro atoms. The number of hydrogen-bond acceptors (Lipinski definition) is 3. The lowest BCUT2D eigenvalue weighted by molar-refractivity contribution is 0.152. The minimum absolute atomic E-state index is 0.490. The molecule has 0 unspecified atom stereocenters. The second kappa shape index (κ2) is 8.53. The molecule has 3 nitrogen and oxygen atoms in total. The molecule has 0 amide bonds. The van der Waals surface area contributed by atoms with Crippen LogP contribution in [-0.4, -0.2) is 6.16 Å². The maximum Gasteiger partial charge on any atom is 0.519 e. The van der Waals surface area contributed by atoms with Crippen LogP contribution in [0.25, 0.3) is 0 Å². The van der Waals surface area contributed by atoms with E-state index in [-0.39, 0.29) is 0 Å². The van der Waals surface area contributed by atoms with Gasteiger partial charge in [-0.1, -0.05) is 52.0 Å². The highest BCUT2D eigenvalue weighted by Gasteiger charge is 2.08. The van der Waals surface area contributed by atoms with E-state index in [1.807, 2.05) is 24.3 Å². The van der Waals surface area contributed by atoms with Gasteiger partial charge in [-0.05, 0) is 60.1 Å². The van der Waals surface area contributed by atoms with Gasteiger partial charge in [0.1, 0.15) is 11.5 Å². The number of carbonyl (C=O) groups excluding carboxylic acids is 1. The van der Waals surface area contributed by atoms with E-state index in [1.165, 1.54) is 11.1 Å². The van der Waals surface area contributed by atoms with Crippen LogP contribution in [0.5, 0.6) is 11.5 Å². The fourth-order valence-corrected chi connectivity index (χ4v) is 2.54. The standard InChI is InChI=1S/C21H26O3/c1-15(2)13-17-5-9-19(10-6-17)23-21(22)24-20-11-7-18(8-12-20)14-16(3)4/h5-12,15-16H,13-14H2,1-4H3. The monoisotopic (exact) mass is 326 g/mol. The van der Waals surface area contributed by atoms with Gasteiger partial charge in [-0.3, -0.25) is 0 Å². The number of rotatable bonds is 6. The van der Waals surface area contributed by atoms with Crippen LogP contribution in [0.2, 0.25) is 0 Å². The summed E-state index contributed by atoms with van der Waals surface area (Å²) in [6.45, 7) is 8.70. The van der Waals surface area contributed by atoms with Gasteiger partial charge in [-0.25, -0.2) is 4.79 Å². The first-order chi connectivity index (χ1) is 11.4. The van der Waals surface area contributed by atoms with Crippen molar-refractivity contribution in [3.05, 3.63) is 59.7 Å². The normalized spacial score (nSPS) is 10.9. The second-order valence-electron chi connectivity index (χ2n) is 6.94. The summed E-state index contributed by atoms with van der Waals surface area (Å²) in [7, 11) is 0. The van der Waals surface area contributed by atoms with Crippen LogP contribution in [0.4, 0.5) is 4.79 Å². The van der Waals surface area contributed by atoms with Gasteiger partial charge in [0.2, 0.25) is 0 Å². The van der Waals surface area contributed by atoms with Gasteiger partial charge in [0.25, 0.3) is 0 Å². The summed E-state index contributed by atoms with van der Waals surface area (Å²) in [6.07, 6.45) is 1.30. The Bertz CT molecular complexity index is 582. The molecular formula is C21H26O3. The van der Waals surface area contributed by atoms with E-state index in [1.54, 1.807) is 24.3 Å². The maximum absolute atomic E-state index is 11.9. The van der Waals surface area contributed by atoms with E-state index in [0.717, 1.165) is 12.8 Å². The molecule has 3 heteroatoms. The predicted octanol–water partition coefficient (Wildman–Crippen LogP) is 5.66. The Kier molecular flexibility index (Phi) is 6.42. The molecule has 0 saturated carbocycles. The van der Waals surface area contributed by atoms with E-state index in [9.17, 15) is 4.79 Å². The van der Waals surface area contributed by atoms with Crippen LogP contribution in [0, 0.1) is 11.8 Å². The van der Waals surface area contributed by atoms with Gasteiger partial charge in [0.15, 0.2) is 0 Å². The fraction of sp³-hybridized carbons (Fsp3) is 0.381. The largest absolute Gasteiger partial charge is 0.519 e. The average molecular weight is 326 g/mol. The van der Waals surface area contributed by atoms with Gasteiger partial charge < -0.3 is 9.47 Å². The first-order valence-electron chi connectivity index (χ1n) is 8.50. The minimum Gasteiger partial charge on any atom is -0.395 e. The third-order valence-corrected chi connectivity index (χ3v) is 3.54. The van der Waals surface area contributed by atoms with Gasteiger partial charge in [-0.15, -0.1) is 0 Å². The first-order valence-corrected chi connectivity index (χ1v) is 8.50. The van der Waals surface area contributed by atoms with Crippen molar-refractivity contribution >= 4 is 6.16 Å². The molecular weight excluding hydrogens is 300 g/mol. The zero-order chi connectivity index (χ0) is 17.5. The SMILES string of the molecule is CC(C)Cc1ccc(OC(=O)Oc2ccc(CC(C)C)cc2)cc1. The third-order valence-electron chi connectivity index (χ3n) is 3.54. The summed E-state index contributed by atoms with van der Waals surface area (Å²) in [4.78, 5) is 11.9. The molecule has 2 aromatic rings. The fourth-order valence-electron chi connectivity index (χ4n) is 2.54. The molecule has 0 atom stereocenters. The molecule has 0 aliphatic carbocycles. The van der Waals surface area contributed by atoms with Crippen molar-refractivity contribution in [2.75, 3.05) is 0 Å². The number of ether oxygens (including phenoxy) is 2. The molecule has 0 N–H and O–H groups in total. The van der Waals surface area contributed by atoms with E-state index in [0.29, 0.717) is 23.3 Å². The van der Waals surface area contributed by atoms with Gasteiger partial charge in [0, 0.05) is 0 Å². The molecule has 24 heavy (non-hydrogen) atoms. The first kappa shape index (κ1) is 18.1.